The van der Waals surface area contributed by atoms with Gasteiger partial charge >= 0.3 is 0 Å². The van der Waals surface area contributed by atoms with Crippen LogP contribution in [0.3, 0.4) is 0 Å². The van der Waals surface area contributed by atoms with Crippen LogP contribution in [0.4, 0.5) is 0 Å². The zero-order chi connectivity index (χ0) is 18.0. The van der Waals surface area contributed by atoms with Crippen molar-refractivity contribution in [2.24, 2.45) is 0 Å². The predicted molar refractivity (Wildman–Crippen MR) is 97.4 cm³/mol. The standard InChI is InChI=1S/C17H23N3O4S/c1-24-15-3-4-16-12(10-15)9-13(17(21)18-16)11-20-7-5-14(6-8-20)19-25(2,22)23/h3-4,9-10,14,19H,5-8,11H2,1-2H3,(H,18,21). The lowest BCUT2D eigenvalue weighted by atomic mass is 10.1. The number of rotatable bonds is 5. The average molecular weight is 365 g/mol. The third-order valence-electron chi connectivity index (χ3n) is 4.49. The van der Waals surface area contributed by atoms with Crippen LogP contribution in [0.15, 0.2) is 29.1 Å². The number of likely N-dealkylation sites (tertiary alicyclic amines) is 1. The van der Waals surface area contributed by atoms with Crippen molar-refractivity contribution in [2.45, 2.75) is 25.4 Å². The number of hydrogen-bond donors (Lipinski definition) is 2. The van der Waals surface area contributed by atoms with Crippen molar-refractivity contribution in [1.29, 1.82) is 0 Å². The fraction of sp³-hybridized carbons (Fsp3) is 0.471. The van der Waals surface area contributed by atoms with Crippen LogP contribution in [0, 0.1) is 0 Å². The van der Waals surface area contributed by atoms with Crippen LogP contribution in [0.5, 0.6) is 5.75 Å². The highest BCUT2D eigenvalue weighted by Gasteiger charge is 2.22. The number of pyridine rings is 1. The lowest BCUT2D eigenvalue weighted by Gasteiger charge is -2.31. The van der Waals surface area contributed by atoms with Gasteiger partial charge in [-0.2, -0.15) is 0 Å². The fourth-order valence-corrected chi connectivity index (χ4v) is 4.07. The molecule has 2 heterocycles. The molecule has 0 aliphatic carbocycles. The number of aromatic nitrogens is 1. The van der Waals surface area contributed by atoms with Crippen molar-refractivity contribution in [3.05, 3.63) is 40.2 Å². The number of benzene rings is 1. The Morgan fingerprint density at radius 1 is 1.28 bits per heavy atom. The molecular formula is C17H23N3O4S. The topological polar surface area (TPSA) is 91.5 Å². The molecule has 1 aliphatic heterocycles. The second-order valence-corrected chi connectivity index (χ2v) is 8.30. The van der Waals surface area contributed by atoms with Gasteiger partial charge in [0.1, 0.15) is 5.75 Å². The third kappa shape index (κ3) is 4.59. The van der Waals surface area contributed by atoms with Crippen LogP contribution < -0.4 is 15.0 Å². The number of nitrogens with one attached hydrogen (secondary N) is 2. The summed E-state index contributed by atoms with van der Waals surface area (Å²) in [5.74, 6) is 0.748. The first kappa shape index (κ1) is 17.9. The Balaban J connectivity index is 1.71. The lowest BCUT2D eigenvalue weighted by molar-refractivity contribution is 0.199. The highest BCUT2D eigenvalue weighted by molar-refractivity contribution is 7.88. The van der Waals surface area contributed by atoms with Gasteiger partial charge in [-0.05, 0) is 37.1 Å². The number of piperidine rings is 1. The van der Waals surface area contributed by atoms with E-state index < -0.39 is 10.0 Å². The van der Waals surface area contributed by atoms with Gasteiger partial charge in [0.2, 0.25) is 10.0 Å². The van der Waals surface area contributed by atoms with Gasteiger partial charge in [-0.3, -0.25) is 9.69 Å². The Morgan fingerprint density at radius 3 is 2.64 bits per heavy atom. The molecule has 0 amide bonds. The van der Waals surface area contributed by atoms with E-state index >= 15 is 0 Å². The Labute approximate surface area is 147 Å². The number of hydrogen-bond acceptors (Lipinski definition) is 5. The maximum Gasteiger partial charge on any atom is 0.252 e. The molecule has 1 aromatic carbocycles. The summed E-state index contributed by atoms with van der Waals surface area (Å²) in [6.07, 6.45) is 2.67. The Kier molecular flexibility index (Phi) is 5.12. The molecule has 0 unspecified atom stereocenters. The molecule has 1 saturated heterocycles. The second kappa shape index (κ2) is 7.15. The summed E-state index contributed by atoms with van der Waals surface area (Å²) in [6, 6.07) is 7.43. The van der Waals surface area contributed by atoms with Gasteiger partial charge in [-0.1, -0.05) is 0 Å². The van der Waals surface area contributed by atoms with E-state index in [1.165, 1.54) is 6.26 Å². The SMILES string of the molecule is COc1ccc2[nH]c(=O)c(CN3CCC(NS(C)(=O)=O)CC3)cc2c1. The first-order valence-corrected chi connectivity index (χ1v) is 10.1. The minimum atomic E-state index is -3.17. The van der Waals surface area contributed by atoms with Crippen LogP contribution in [0.25, 0.3) is 10.9 Å². The normalized spacial score (nSPS) is 17.0. The number of aromatic amines is 1. The molecule has 3 rings (SSSR count). The minimum Gasteiger partial charge on any atom is -0.497 e. The van der Waals surface area contributed by atoms with Crippen molar-refractivity contribution in [1.82, 2.24) is 14.6 Å². The molecule has 1 aliphatic rings. The molecule has 2 N–H and O–H groups in total. The highest BCUT2D eigenvalue weighted by atomic mass is 32.2. The van der Waals surface area contributed by atoms with Crippen molar-refractivity contribution < 1.29 is 13.2 Å². The summed E-state index contributed by atoms with van der Waals surface area (Å²) in [4.78, 5) is 17.4. The molecular weight excluding hydrogens is 342 g/mol. The maximum atomic E-state index is 12.3. The van der Waals surface area contributed by atoms with E-state index in [4.69, 9.17) is 4.74 Å². The number of sulfonamides is 1. The Bertz CT molecular complexity index is 915. The summed E-state index contributed by atoms with van der Waals surface area (Å²) in [6.45, 7) is 2.06. The molecule has 1 aromatic heterocycles. The molecule has 7 nitrogen and oxygen atoms in total. The molecule has 2 aromatic rings. The zero-order valence-electron chi connectivity index (χ0n) is 14.4. The van der Waals surface area contributed by atoms with Gasteiger partial charge in [0.15, 0.2) is 0 Å². The number of ether oxygens (including phenoxy) is 1. The molecule has 0 atom stereocenters. The second-order valence-electron chi connectivity index (χ2n) is 6.52. The summed E-state index contributed by atoms with van der Waals surface area (Å²) in [5, 5.41) is 0.933. The minimum absolute atomic E-state index is 0.0228. The first-order valence-electron chi connectivity index (χ1n) is 8.23. The van der Waals surface area contributed by atoms with E-state index in [-0.39, 0.29) is 11.6 Å². The lowest BCUT2D eigenvalue weighted by Crippen LogP contribution is -2.44. The van der Waals surface area contributed by atoms with Crippen LogP contribution in [-0.4, -0.2) is 50.8 Å². The van der Waals surface area contributed by atoms with Gasteiger partial charge in [0.25, 0.3) is 5.56 Å². The molecule has 0 saturated carbocycles. The highest BCUT2D eigenvalue weighted by Crippen LogP contribution is 2.20. The van der Waals surface area contributed by atoms with Gasteiger partial charge in [-0.15, -0.1) is 0 Å². The maximum absolute atomic E-state index is 12.3. The number of nitrogens with zero attached hydrogens (tertiary/aromatic N) is 1. The molecule has 8 heteroatoms. The quantitative estimate of drug-likeness (QED) is 0.826. The van der Waals surface area contributed by atoms with Gasteiger partial charge in [0.05, 0.1) is 13.4 Å². The van der Waals surface area contributed by atoms with Gasteiger partial charge in [0, 0.05) is 42.1 Å². The van der Waals surface area contributed by atoms with Gasteiger partial charge < -0.3 is 9.72 Å². The van der Waals surface area contributed by atoms with Crippen molar-refractivity contribution in [2.75, 3.05) is 26.5 Å². The van der Waals surface area contributed by atoms with E-state index in [0.717, 1.165) is 42.6 Å². The zero-order valence-corrected chi connectivity index (χ0v) is 15.2. The summed E-state index contributed by atoms with van der Waals surface area (Å²) >= 11 is 0. The van der Waals surface area contributed by atoms with Crippen molar-refractivity contribution in [3.8, 4) is 5.75 Å². The molecule has 0 spiro atoms. The molecule has 1 fully saturated rings. The van der Waals surface area contributed by atoms with E-state index in [2.05, 4.69) is 14.6 Å². The van der Waals surface area contributed by atoms with Crippen LogP contribution in [-0.2, 0) is 16.6 Å². The molecule has 0 bridgehead atoms. The monoisotopic (exact) mass is 365 g/mol. The fourth-order valence-electron chi connectivity index (χ4n) is 3.23. The molecule has 0 radical (unpaired) electrons. The Hall–Kier alpha value is -1.90. The van der Waals surface area contributed by atoms with E-state index in [0.29, 0.717) is 12.1 Å². The van der Waals surface area contributed by atoms with Crippen molar-refractivity contribution in [3.63, 3.8) is 0 Å². The van der Waals surface area contributed by atoms with E-state index in [9.17, 15) is 13.2 Å². The summed E-state index contributed by atoms with van der Waals surface area (Å²) in [7, 11) is -1.56. The Morgan fingerprint density at radius 2 is 2.00 bits per heavy atom. The largest absolute Gasteiger partial charge is 0.497 e. The first-order chi connectivity index (χ1) is 11.8. The van der Waals surface area contributed by atoms with Gasteiger partial charge in [-0.25, -0.2) is 13.1 Å². The van der Waals surface area contributed by atoms with Crippen LogP contribution in [0.2, 0.25) is 0 Å². The molecule has 25 heavy (non-hydrogen) atoms. The predicted octanol–water partition coefficient (Wildman–Crippen LogP) is 1.05. The summed E-state index contributed by atoms with van der Waals surface area (Å²) in [5.41, 5.74) is 1.40. The number of H-pyrrole nitrogens is 1. The van der Waals surface area contributed by atoms with Crippen molar-refractivity contribution >= 4 is 20.9 Å². The molecule has 136 valence electrons. The van der Waals surface area contributed by atoms with E-state index in [1.54, 1.807) is 7.11 Å². The van der Waals surface area contributed by atoms with Crippen LogP contribution in [0.1, 0.15) is 18.4 Å². The average Bonchev–Trinajstić information content (AvgIpc) is 2.55. The smallest absolute Gasteiger partial charge is 0.252 e. The number of fused-ring (bicyclic) bond motifs is 1. The third-order valence-corrected chi connectivity index (χ3v) is 5.25. The van der Waals surface area contributed by atoms with E-state index in [1.807, 2.05) is 24.3 Å². The summed E-state index contributed by atoms with van der Waals surface area (Å²) < 4.78 is 30.5. The number of methoxy groups -OCH3 is 1. The van der Waals surface area contributed by atoms with Crippen LogP contribution >= 0.6 is 0 Å².